The van der Waals surface area contributed by atoms with Crippen molar-refractivity contribution >= 4 is 23.0 Å². The van der Waals surface area contributed by atoms with Gasteiger partial charge < -0.3 is 15.0 Å². The van der Waals surface area contributed by atoms with E-state index >= 15 is 0 Å². The van der Waals surface area contributed by atoms with Crippen molar-refractivity contribution in [2.45, 2.75) is 18.9 Å². The summed E-state index contributed by atoms with van der Waals surface area (Å²) in [5, 5.41) is 14.7. The number of azo groups is 1. The molecular weight excluding hydrogens is 286 g/mol. The smallest absolute Gasteiger partial charge is 0.449 e. The van der Waals surface area contributed by atoms with Crippen LogP contribution in [0.1, 0.15) is 24.7 Å². The number of para-hydroxylation sites is 2. The van der Waals surface area contributed by atoms with Crippen molar-refractivity contribution in [3.8, 4) is 0 Å². The summed E-state index contributed by atoms with van der Waals surface area (Å²) in [6.07, 6.45) is 0.300. The van der Waals surface area contributed by atoms with E-state index in [2.05, 4.69) is 20.2 Å². The predicted octanol–water partition coefficient (Wildman–Crippen LogP) is 2.36. The number of benzene rings is 1. The lowest BCUT2D eigenvalue weighted by molar-refractivity contribution is -0.130. The van der Waals surface area contributed by atoms with Crippen LogP contribution in [0.25, 0.3) is 11.0 Å². The Morgan fingerprint density at radius 2 is 2.23 bits per heavy atom. The van der Waals surface area contributed by atoms with E-state index in [1.165, 1.54) is 0 Å². The molecular formula is C14H15N5O3. The van der Waals surface area contributed by atoms with Crippen molar-refractivity contribution < 1.29 is 14.7 Å². The number of rotatable bonds is 3. The molecule has 2 N–H and O–H groups in total. The Kier molecular flexibility index (Phi) is 3.82. The summed E-state index contributed by atoms with van der Waals surface area (Å²) in [6, 6.07) is 7.57. The van der Waals surface area contributed by atoms with Gasteiger partial charge >= 0.3 is 6.09 Å². The van der Waals surface area contributed by atoms with Gasteiger partial charge in [0, 0.05) is 6.54 Å². The summed E-state index contributed by atoms with van der Waals surface area (Å²) in [6.45, 7) is 0.353. The Hall–Kier alpha value is -2.77. The molecule has 2 amide bonds. The van der Waals surface area contributed by atoms with Crippen LogP contribution in [0.4, 0.5) is 4.79 Å². The minimum absolute atomic E-state index is 0.125. The van der Waals surface area contributed by atoms with E-state index in [0.29, 0.717) is 6.54 Å². The van der Waals surface area contributed by atoms with Gasteiger partial charge in [0.1, 0.15) is 12.4 Å². The van der Waals surface area contributed by atoms with Crippen molar-refractivity contribution in [2.75, 3.05) is 13.1 Å². The molecule has 0 unspecified atom stereocenters. The number of nitrogens with one attached hydrogen (secondary N) is 1. The maximum Gasteiger partial charge on any atom is 0.449 e. The average molecular weight is 301 g/mol. The first-order valence-corrected chi connectivity index (χ1v) is 6.99. The van der Waals surface area contributed by atoms with Gasteiger partial charge in [-0.1, -0.05) is 17.2 Å². The molecule has 3 rings (SSSR count). The van der Waals surface area contributed by atoms with E-state index in [4.69, 9.17) is 5.11 Å². The predicted molar refractivity (Wildman–Crippen MR) is 77.5 cm³/mol. The van der Waals surface area contributed by atoms with Crippen molar-refractivity contribution in [3.63, 3.8) is 0 Å². The third-order valence-electron chi connectivity index (χ3n) is 3.66. The van der Waals surface area contributed by atoms with E-state index in [0.717, 1.165) is 29.7 Å². The molecule has 2 heterocycles. The average Bonchev–Trinajstić information content (AvgIpc) is 3.12. The van der Waals surface area contributed by atoms with Crippen LogP contribution in [0.15, 0.2) is 34.5 Å². The molecule has 2 aromatic rings. The number of carboxylic acid groups (broad SMARTS) is 1. The van der Waals surface area contributed by atoms with Crippen molar-refractivity contribution in [1.29, 1.82) is 0 Å². The van der Waals surface area contributed by atoms with Gasteiger partial charge in [-0.3, -0.25) is 4.79 Å². The lowest BCUT2D eigenvalue weighted by Crippen LogP contribution is -2.32. The maximum atomic E-state index is 12.2. The molecule has 114 valence electrons. The number of carbonyl (C=O) groups excluding carboxylic acids is 1. The molecule has 22 heavy (non-hydrogen) atoms. The lowest BCUT2D eigenvalue weighted by Gasteiger charge is -2.22. The fourth-order valence-corrected chi connectivity index (χ4v) is 2.73. The Bertz CT molecular complexity index is 706. The molecule has 0 radical (unpaired) electrons. The summed E-state index contributed by atoms with van der Waals surface area (Å²) < 4.78 is 0. The van der Waals surface area contributed by atoms with Gasteiger partial charge in [0.25, 0.3) is 0 Å². The minimum Gasteiger partial charge on any atom is -0.462 e. The lowest BCUT2D eigenvalue weighted by atomic mass is 10.2. The number of amides is 2. The monoisotopic (exact) mass is 301 g/mol. The van der Waals surface area contributed by atoms with Crippen LogP contribution >= 0.6 is 0 Å². The molecule has 8 heteroatoms. The third kappa shape index (κ3) is 2.80. The largest absolute Gasteiger partial charge is 0.462 e. The number of carbonyl (C=O) groups is 2. The highest BCUT2D eigenvalue weighted by atomic mass is 16.4. The SMILES string of the molecule is O=C(O)N=NCC(=O)N1CCC[C@H]1c1nc2ccccc2[nH]1. The van der Waals surface area contributed by atoms with Gasteiger partial charge in [-0.05, 0) is 25.0 Å². The fourth-order valence-electron chi connectivity index (χ4n) is 2.73. The summed E-state index contributed by atoms with van der Waals surface area (Å²) in [4.78, 5) is 31.9. The number of fused-ring (bicyclic) bond motifs is 1. The van der Waals surface area contributed by atoms with Gasteiger partial charge in [0.15, 0.2) is 0 Å². The quantitative estimate of drug-likeness (QED) is 0.847. The number of imidazole rings is 1. The van der Waals surface area contributed by atoms with Gasteiger partial charge in [0.2, 0.25) is 5.91 Å². The van der Waals surface area contributed by atoms with Crippen molar-refractivity contribution in [1.82, 2.24) is 14.9 Å². The highest BCUT2D eigenvalue weighted by molar-refractivity contribution is 5.80. The number of nitrogens with zero attached hydrogens (tertiary/aromatic N) is 4. The molecule has 0 aliphatic carbocycles. The molecule has 0 spiro atoms. The zero-order valence-electron chi connectivity index (χ0n) is 11.8. The van der Waals surface area contributed by atoms with E-state index in [1.807, 2.05) is 24.3 Å². The number of hydrogen-bond donors (Lipinski definition) is 2. The van der Waals surface area contributed by atoms with Gasteiger partial charge in [-0.2, -0.15) is 5.11 Å². The Morgan fingerprint density at radius 1 is 1.41 bits per heavy atom. The molecule has 0 bridgehead atoms. The highest BCUT2D eigenvalue weighted by Crippen LogP contribution is 2.31. The molecule has 1 saturated heterocycles. The van der Waals surface area contributed by atoms with Crippen LogP contribution < -0.4 is 0 Å². The Labute approximate surface area is 125 Å². The zero-order valence-corrected chi connectivity index (χ0v) is 11.8. The second-order valence-corrected chi connectivity index (χ2v) is 5.07. The highest BCUT2D eigenvalue weighted by Gasteiger charge is 2.31. The number of H-pyrrole nitrogens is 1. The molecule has 0 saturated carbocycles. The van der Waals surface area contributed by atoms with Crippen LogP contribution in [0.3, 0.4) is 0 Å². The van der Waals surface area contributed by atoms with E-state index in [-0.39, 0.29) is 18.5 Å². The fraction of sp³-hybridized carbons (Fsp3) is 0.357. The summed E-state index contributed by atoms with van der Waals surface area (Å²) in [5.41, 5.74) is 1.80. The molecule has 1 fully saturated rings. The van der Waals surface area contributed by atoms with Gasteiger partial charge in [0.05, 0.1) is 17.1 Å². The molecule has 1 aromatic heterocycles. The number of aromatic nitrogens is 2. The second-order valence-electron chi connectivity index (χ2n) is 5.07. The number of aromatic amines is 1. The van der Waals surface area contributed by atoms with Gasteiger partial charge in [-0.25, -0.2) is 9.78 Å². The van der Waals surface area contributed by atoms with E-state index in [1.54, 1.807) is 4.90 Å². The second kappa shape index (κ2) is 5.92. The summed E-state index contributed by atoms with van der Waals surface area (Å²) in [5.74, 6) is 0.509. The summed E-state index contributed by atoms with van der Waals surface area (Å²) >= 11 is 0. The summed E-state index contributed by atoms with van der Waals surface area (Å²) in [7, 11) is 0. The van der Waals surface area contributed by atoms with Crippen LogP contribution in [0, 0.1) is 0 Å². The van der Waals surface area contributed by atoms with Crippen LogP contribution in [0.2, 0.25) is 0 Å². The number of likely N-dealkylation sites (tertiary alicyclic amines) is 1. The topological polar surface area (TPSA) is 111 Å². The molecule has 8 nitrogen and oxygen atoms in total. The molecule has 1 aliphatic rings. The Balaban J connectivity index is 1.77. The third-order valence-corrected chi connectivity index (χ3v) is 3.66. The van der Waals surface area contributed by atoms with Crippen LogP contribution in [-0.4, -0.2) is 45.1 Å². The standard InChI is InChI=1S/C14H15N5O3/c20-12(8-15-18-14(21)22)19-7-3-6-11(19)13-16-9-4-1-2-5-10(9)17-13/h1-2,4-5,11H,3,6-8H2,(H,16,17)(H,21,22)/t11-/m0/s1. The molecule has 1 aromatic carbocycles. The first-order chi connectivity index (χ1) is 10.6. The van der Waals surface area contributed by atoms with Crippen LogP contribution in [-0.2, 0) is 4.79 Å². The zero-order chi connectivity index (χ0) is 15.5. The molecule has 1 atom stereocenters. The molecule has 1 aliphatic heterocycles. The maximum absolute atomic E-state index is 12.2. The minimum atomic E-state index is -1.40. The first-order valence-electron chi connectivity index (χ1n) is 6.99. The van der Waals surface area contributed by atoms with Gasteiger partial charge in [-0.15, -0.1) is 0 Å². The first kappa shape index (κ1) is 14.2. The van der Waals surface area contributed by atoms with Crippen molar-refractivity contribution in [2.24, 2.45) is 10.2 Å². The van der Waals surface area contributed by atoms with E-state index < -0.39 is 6.09 Å². The number of hydrogen-bond acceptors (Lipinski definition) is 4. The Morgan fingerprint density at radius 3 is 3.00 bits per heavy atom. The normalized spacial score (nSPS) is 18.4. The van der Waals surface area contributed by atoms with E-state index in [9.17, 15) is 9.59 Å². The van der Waals surface area contributed by atoms with Crippen LogP contribution in [0.5, 0.6) is 0 Å². The van der Waals surface area contributed by atoms with Crippen molar-refractivity contribution in [3.05, 3.63) is 30.1 Å².